The third-order valence-corrected chi connectivity index (χ3v) is 3.64. The molecule has 2 aliphatic rings. The summed E-state index contributed by atoms with van der Waals surface area (Å²) >= 11 is 0. The number of methoxy groups -OCH3 is 1. The normalized spacial score (nSPS) is 36.8. The molecule has 6 atom stereocenters. The molecule has 2 rings (SSSR count). The number of ether oxygens (including phenoxy) is 4. The van der Waals surface area contributed by atoms with E-state index in [9.17, 15) is 5.11 Å². The number of hydrogen-bond acceptors (Lipinski definition) is 7. The van der Waals surface area contributed by atoms with E-state index in [1.165, 1.54) is 7.11 Å². The number of fused-ring (bicyclic) bond motifs is 1. The van der Waals surface area contributed by atoms with Gasteiger partial charge in [0, 0.05) is 18.4 Å². The van der Waals surface area contributed by atoms with Crippen LogP contribution in [0.4, 0.5) is 0 Å². The predicted molar refractivity (Wildman–Crippen MR) is 70.1 cm³/mol. The Bertz CT molecular complexity index is 414. The Morgan fingerprint density at radius 3 is 2.62 bits per heavy atom. The average molecular weight is 303 g/mol. The van der Waals surface area contributed by atoms with Crippen molar-refractivity contribution in [3.05, 3.63) is 10.4 Å². The lowest BCUT2D eigenvalue weighted by atomic mass is 10.0. The van der Waals surface area contributed by atoms with E-state index in [0.29, 0.717) is 0 Å². The van der Waals surface area contributed by atoms with E-state index in [1.807, 2.05) is 0 Å². The molecule has 0 unspecified atom stereocenters. The van der Waals surface area contributed by atoms with Crippen LogP contribution >= 0.6 is 0 Å². The van der Waals surface area contributed by atoms with E-state index in [1.54, 1.807) is 13.8 Å². The predicted octanol–water partition coefficient (Wildman–Crippen LogP) is 0.300. The molecule has 120 valence electrons. The molecule has 0 spiro atoms. The van der Waals surface area contributed by atoms with Gasteiger partial charge in [-0.1, -0.05) is 5.11 Å². The fraction of sp³-hybridized carbons (Fsp3) is 1.00. The lowest BCUT2D eigenvalue weighted by Crippen LogP contribution is -2.37. The van der Waals surface area contributed by atoms with Crippen molar-refractivity contribution in [2.45, 2.75) is 62.8 Å². The van der Waals surface area contributed by atoms with Crippen LogP contribution in [0, 0.1) is 0 Å². The minimum atomic E-state index is -1.04. The number of azide groups is 1. The van der Waals surface area contributed by atoms with Crippen molar-refractivity contribution in [3.8, 4) is 0 Å². The summed E-state index contributed by atoms with van der Waals surface area (Å²) in [5.74, 6) is -0.750. The molecule has 0 aromatic rings. The summed E-state index contributed by atoms with van der Waals surface area (Å²) in [7, 11) is 1.51. The van der Waals surface area contributed by atoms with Crippen LogP contribution in [0.2, 0.25) is 0 Å². The van der Waals surface area contributed by atoms with Crippen molar-refractivity contribution in [3.63, 3.8) is 0 Å². The second kappa shape index (κ2) is 6.45. The molecule has 9 heteroatoms. The summed E-state index contributed by atoms with van der Waals surface area (Å²) in [4.78, 5) is 2.61. The first kappa shape index (κ1) is 16.4. The van der Waals surface area contributed by atoms with Crippen molar-refractivity contribution in [1.29, 1.82) is 0 Å². The van der Waals surface area contributed by atoms with Gasteiger partial charge in [-0.25, -0.2) is 0 Å². The number of hydrogen-bond donors (Lipinski definition) is 2. The Labute approximate surface area is 122 Å². The van der Waals surface area contributed by atoms with Crippen LogP contribution in [0.25, 0.3) is 10.4 Å². The maximum absolute atomic E-state index is 10.1. The molecule has 2 N–H and O–H groups in total. The van der Waals surface area contributed by atoms with Crippen LogP contribution in [0.1, 0.15) is 20.3 Å². The van der Waals surface area contributed by atoms with Gasteiger partial charge in [-0.15, -0.1) is 0 Å². The highest BCUT2D eigenvalue weighted by Gasteiger charge is 2.55. The Hall–Kier alpha value is -0.930. The molecule has 0 aromatic carbocycles. The Balaban J connectivity index is 2.04. The van der Waals surface area contributed by atoms with Gasteiger partial charge in [-0.2, -0.15) is 0 Å². The molecule has 2 aliphatic heterocycles. The first-order valence-corrected chi connectivity index (χ1v) is 6.79. The first-order valence-electron chi connectivity index (χ1n) is 6.79. The maximum atomic E-state index is 10.1. The largest absolute Gasteiger partial charge is 0.396 e. The molecular formula is C12H21N3O6. The molecular weight excluding hydrogens is 282 g/mol. The van der Waals surface area contributed by atoms with Crippen molar-refractivity contribution >= 4 is 0 Å². The van der Waals surface area contributed by atoms with E-state index in [-0.39, 0.29) is 18.6 Å². The minimum Gasteiger partial charge on any atom is -0.396 e. The third kappa shape index (κ3) is 3.46. The number of rotatable bonds is 6. The van der Waals surface area contributed by atoms with Gasteiger partial charge >= 0.3 is 0 Å². The van der Waals surface area contributed by atoms with E-state index >= 15 is 0 Å². The highest BCUT2D eigenvalue weighted by Crippen LogP contribution is 2.40. The van der Waals surface area contributed by atoms with Crippen LogP contribution < -0.4 is 0 Å². The number of aliphatic hydroxyl groups excluding tert-OH is 2. The molecule has 0 bridgehead atoms. The van der Waals surface area contributed by atoms with E-state index < -0.39 is 36.9 Å². The quantitative estimate of drug-likeness (QED) is 0.413. The highest BCUT2D eigenvalue weighted by molar-refractivity contribution is 4.96. The molecule has 2 fully saturated rings. The fourth-order valence-corrected chi connectivity index (χ4v) is 2.72. The van der Waals surface area contributed by atoms with Gasteiger partial charge in [0.1, 0.15) is 12.2 Å². The van der Waals surface area contributed by atoms with E-state index in [0.717, 1.165) is 0 Å². The molecule has 21 heavy (non-hydrogen) atoms. The molecule has 0 aromatic heterocycles. The smallest absolute Gasteiger partial charge is 0.186 e. The highest BCUT2D eigenvalue weighted by atomic mass is 16.8. The number of nitrogens with zero attached hydrogens (tertiary/aromatic N) is 3. The van der Waals surface area contributed by atoms with Crippen LogP contribution in [0.5, 0.6) is 0 Å². The van der Waals surface area contributed by atoms with Crippen LogP contribution in [0.3, 0.4) is 0 Å². The minimum absolute atomic E-state index is 0.144. The third-order valence-electron chi connectivity index (χ3n) is 3.64. The monoisotopic (exact) mass is 303 g/mol. The van der Waals surface area contributed by atoms with Gasteiger partial charge in [0.05, 0.1) is 24.9 Å². The van der Waals surface area contributed by atoms with Gasteiger partial charge in [0.2, 0.25) is 0 Å². The van der Waals surface area contributed by atoms with Gasteiger partial charge in [0.15, 0.2) is 12.1 Å². The van der Waals surface area contributed by atoms with Crippen molar-refractivity contribution in [1.82, 2.24) is 0 Å². The molecule has 9 nitrogen and oxygen atoms in total. The van der Waals surface area contributed by atoms with Gasteiger partial charge < -0.3 is 29.2 Å². The molecule has 2 saturated heterocycles. The van der Waals surface area contributed by atoms with Crippen molar-refractivity contribution in [2.24, 2.45) is 5.11 Å². The SMILES string of the molecule is CO[C@@H]1O[C@H](C[C@H](O)[C@@H](CO)N=[N+]=[N-])[C@H]2OC(C)(C)O[C@@H]12. The summed E-state index contributed by atoms with van der Waals surface area (Å²) in [5, 5.41) is 22.6. The zero-order valence-corrected chi connectivity index (χ0v) is 12.2. The topological polar surface area (TPSA) is 126 Å². The zero-order valence-electron chi connectivity index (χ0n) is 12.2. The lowest BCUT2D eigenvalue weighted by molar-refractivity contribution is -0.229. The summed E-state index contributed by atoms with van der Waals surface area (Å²) < 4.78 is 22.4. The van der Waals surface area contributed by atoms with Gasteiger partial charge in [-0.3, -0.25) is 0 Å². The standard InChI is InChI=1S/C12H21N3O6/c1-12(2)20-9-8(19-11(18-3)10(9)21-12)4-7(17)6(5-16)14-15-13/h6-11,16-17H,4-5H2,1-3H3/t6-,7+,8-,9-,10-,11-/m1/s1. The first-order chi connectivity index (χ1) is 9.91. The fourth-order valence-electron chi connectivity index (χ4n) is 2.72. The summed E-state index contributed by atoms with van der Waals surface area (Å²) in [6, 6.07) is -0.922. The molecule has 0 saturated carbocycles. The molecule has 2 heterocycles. The van der Waals surface area contributed by atoms with Crippen LogP contribution in [-0.4, -0.2) is 66.5 Å². The number of aliphatic hydroxyl groups is 2. The van der Waals surface area contributed by atoms with Gasteiger partial charge in [-0.05, 0) is 19.4 Å². The Kier molecular flexibility index (Phi) is 5.05. The van der Waals surface area contributed by atoms with Gasteiger partial charge in [0.25, 0.3) is 0 Å². The summed E-state index contributed by atoms with van der Waals surface area (Å²) in [6.45, 7) is 3.15. The molecule has 0 amide bonds. The Morgan fingerprint density at radius 1 is 1.38 bits per heavy atom. The molecule has 0 radical (unpaired) electrons. The van der Waals surface area contributed by atoms with E-state index in [2.05, 4.69) is 10.0 Å². The summed E-state index contributed by atoms with van der Waals surface area (Å²) in [6.07, 6.45) is -2.72. The van der Waals surface area contributed by atoms with Crippen LogP contribution in [0.15, 0.2) is 5.11 Å². The zero-order chi connectivity index (χ0) is 15.6. The average Bonchev–Trinajstić information content (AvgIpc) is 2.90. The van der Waals surface area contributed by atoms with Crippen molar-refractivity contribution < 1.29 is 29.2 Å². The lowest BCUT2D eigenvalue weighted by Gasteiger charge is -2.25. The van der Waals surface area contributed by atoms with Crippen molar-refractivity contribution in [2.75, 3.05) is 13.7 Å². The maximum Gasteiger partial charge on any atom is 0.186 e. The van der Waals surface area contributed by atoms with Crippen LogP contribution in [-0.2, 0) is 18.9 Å². The Morgan fingerprint density at radius 2 is 2.05 bits per heavy atom. The second-order valence-corrected chi connectivity index (χ2v) is 5.60. The summed E-state index contributed by atoms with van der Waals surface area (Å²) in [5.41, 5.74) is 8.42. The van der Waals surface area contributed by atoms with E-state index in [4.69, 9.17) is 29.6 Å². The second-order valence-electron chi connectivity index (χ2n) is 5.60. The molecule has 0 aliphatic carbocycles.